The molecule has 0 atom stereocenters. The Labute approximate surface area is 199 Å². The second kappa shape index (κ2) is 7.17. The van der Waals surface area contributed by atoms with E-state index in [0.717, 1.165) is 0 Å². The molecule has 0 amide bonds. The molecular formula is C34H24. The van der Waals surface area contributed by atoms with E-state index in [1.54, 1.807) is 0 Å². The van der Waals surface area contributed by atoms with E-state index in [-0.39, 0.29) is 0 Å². The van der Waals surface area contributed by atoms with Gasteiger partial charge in [-0.15, -0.1) is 0 Å². The minimum atomic E-state index is 1.27. The van der Waals surface area contributed by atoms with Crippen LogP contribution in [0.15, 0.2) is 109 Å². The molecular weight excluding hydrogens is 408 g/mol. The highest BCUT2D eigenvalue weighted by Crippen LogP contribution is 2.44. The van der Waals surface area contributed by atoms with Crippen molar-refractivity contribution < 1.29 is 0 Å². The molecule has 0 bridgehead atoms. The Balaban J connectivity index is 1.77. The molecule has 7 aromatic carbocycles. The fraction of sp³-hybridized carbons (Fsp3) is 0.0588. The van der Waals surface area contributed by atoms with Gasteiger partial charge in [0.15, 0.2) is 0 Å². The third kappa shape index (κ3) is 2.72. The summed E-state index contributed by atoms with van der Waals surface area (Å²) >= 11 is 0. The molecule has 0 saturated heterocycles. The Morgan fingerprint density at radius 2 is 0.735 bits per heavy atom. The fourth-order valence-electron chi connectivity index (χ4n) is 5.94. The van der Waals surface area contributed by atoms with Crippen molar-refractivity contribution in [3.05, 3.63) is 120 Å². The molecule has 0 aliphatic rings. The standard InChI is InChI=1S/C34H24/c1-21-17-22(2)19-24(18-21)23-15-16-28-27-11-5-7-13-30(27)33-29-12-6-3-9-25(29)26-10-4-8-14-31(26)34(33)32(28)20-23/h3-20H,1-2H3. The fourth-order valence-corrected chi connectivity index (χ4v) is 5.94. The summed E-state index contributed by atoms with van der Waals surface area (Å²) in [6, 6.07) is 40.5. The smallest absolute Gasteiger partial charge is 0.00137 e. The molecule has 0 nitrogen and oxygen atoms in total. The zero-order valence-corrected chi connectivity index (χ0v) is 19.4. The van der Waals surface area contributed by atoms with Gasteiger partial charge in [-0.05, 0) is 84.9 Å². The Morgan fingerprint density at radius 3 is 1.24 bits per heavy atom. The number of hydrogen-bond acceptors (Lipinski definition) is 0. The van der Waals surface area contributed by atoms with Gasteiger partial charge in [0.1, 0.15) is 0 Å². The number of hydrogen-bond donors (Lipinski definition) is 0. The maximum Gasteiger partial charge on any atom is -0.00137 e. The maximum absolute atomic E-state index is 2.42. The Bertz CT molecular complexity index is 1890. The summed E-state index contributed by atoms with van der Waals surface area (Å²) in [5, 5.41) is 13.3. The van der Waals surface area contributed by atoms with Crippen molar-refractivity contribution in [2.24, 2.45) is 0 Å². The topological polar surface area (TPSA) is 0 Å². The van der Waals surface area contributed by atoms with E-state index in [2.05, 4.69) is 123 Å². The van der Waals surface area contributed by atoms with Gasteiger partial charge >= 0.3 is 0 Å². The second-order valence-electron chi connectivity index (χ2n) is 9.52. The number of rotatable bonds is 1. The van der Waals surface area contributed by atoms with Gasteiger partial charge < -0.3 is 0 Å². The summed E-state index contributed by atoms with van der Waals surface area (Å²) in [4.78, 5) is 0. The lowest BCUT2D eigenvalue weighted by molar-refractivity contribution is 1.38. The lowest BCUT2D eigenvalue weighted by atomic mass is 9.86. The first kappa shape index (κ1) is 19.3. The SMILES string of the molecule is Cc1cc(C)cc(-c2ccc3c4ccccc4c4c5ccccc5c5ccccc5c4c3c2)c1. The highest BCUT2D eigenvalue weighted by Gasteiger charge is 2.16. The van der Waals surface area contributed by atoms with Crippen LogP contribution >= 0.6 is 0 Å². The molecule has 34 heavy (non-hydrogen) atoms. The average Bonchev–Trinajstić information content (AvgIpc) is 2.87. The van der Waals surface area contributed by atoms with Crippen molar-refractivity contribution in [1.29, 1.82) is 0 Å². The molecule has 0 unspecified atom stereocenters. The highest BCUT2D eigenvalue weighted by atomic mass is 14.2. The molecule has 0 heterocycles. The molecule has 0 spiro atoms. The summed E-state index contributed by atoms with van der Waals surface area (Å²) in [6.07, 6.45) is 0. The summed E-state index contributed by atoms with van der Waals surface area (Å²) in [5.41, 5.74) is 5.16. The molecule has 0 saturated carbocycles. The molecule has 0 aliphatic heterocycles. The molecule has 0 radical (unpaired) electrons. The van der Waals surface area contributed by atoms with Crippen LogP contribution in [0.2, 0.25) is 0 Å². The van der Waals surface area contributed by atoms with Crippen molar-refractivity contribution in [3.63, 3.8) is 0 Å². The molecule has 7 rings (SSSR count). The lowest BCUT2D eigenvalue weighted by Crippen LogP contribution is -1.89. The van der Waals surface area contributed by atoms with E-state index in [4.69, 9.17) is 0 Å². The molecule has 7 aromatic rings. The van der Waals surface area contributed by atoms with Crippen LogP contribution in [0.1, 0.15) is 11.1 Å². The molecule has 0 fully saturated rings. The Hall–Kier alpha value is -4.16. The van der Waals surface area contributed by atoms with Crippen molar-refractivity contribution in [3.8, 4) is 11.1 Å². The first-order valence-corrected chi connectivity index (χ1v) is 12.0. The summed E-state index contributed by atoms with van der Waals surface area (Å²) in [7, 11) is 0. The molecule has 0 N–H and O–H groups in total. The normalized spacial score (nSPS) is 11.8. The third-order valence-corrected chi connectivity index (χ3v) is 7.26. The maximum atomic E-state index is 2.42. The van der Waals surface area contributed by atoms with Gasteiger partial charge in [0.25, 0.3) is 0 Å². The van der Waals surface area contributed by atoms with Crippen molar-refractivity contribution >= 4 is 53.9 Å². The van der Waals surface area contributed by atoms with Crippen molar-refractivity contribution in [2.45, 2.75) is 13.8 Å². The van der Waals surface area contributed by atoms with E-state index in [9.17, 15) is 0 Å². The van der Waals surface area contributed by atoms with Crippen LogP contribution in [0.3, 0.4) is 0 Å². The number of fused-ring (bicyclic) bond motifs is 11. The summed E-state index contributed by atoms with van der Waals surface area (Å²) in [5.74, 6) is 0. The van der Waals surface area contributed by atoms with Crippen LogP contribution in [0.25, 0.3) is 65.0 Å². The van der Waals surface area contributed by atoms with Gasteiger partial charge in [-0.3, -0.25) is 0 Å². The predicted molar refractivity (Wildman–Crippen MR) is 149 cm³/mol. The number of benzene rings is 7. The Morgan fingerprint density at radius 1 is 0.324 bits per heavy atom. The molecule has 160 valence electrons. The van der Waals surface area contributed by atoms with Crippen LogP contribution in [-0.4, -0.2) is 0 Å². The van der Waals surface area contributed by atoms with Gasteiger partial charge in [-0.25, -0.2) is 0 Å². The van der Waals surface area contributed by atoms with Gasteiger partial charge in [-0.2, -0.15) is 0 Å². The van der Waals surface area contributed by atoms with Crippen LogP contribution in [-0.2, 0) is 0 Å². The minimum Gasteiger partial charge on any atom is -0.0616 e. The molecule has 0 aliphatic carbocycles. The second-order valence-corrected chi connectivity index (χ2v) is 9.52. The lowest BCUT2D eigenvalue weighted by Gasteiger charge is -2.17. The average molecular weight is 433 g/mol. The minimum absolute atomic E-state index is 1.27. The van der Waals surface area contributed by atoms with Crippen LogP contribution in [0.4, 0.5) is 0 Å². The Kier molecular flexibility index (Phi) is 4.07. The van der Waals surface area contributed by atoms with E-state index in [0.29, 0.717) is 0 Å². The highest BCUT2D eigenvalue weighted by molar-refractivity contribution is 6.39. The van der Waals surface area contributed by atoms with Crippen LogP contribution in [0, 0.1) is 13.8 Å². The largest absolute Gasteiger partial charge is 0.0616 e. The third-order valence-electron chi connectivity index (χ3n) is 7.26. The first-order chi connectivity index (χ1) is 16.7. The summed E-state index contributed by atoms with van der Waals surface area (Å²) in [6.45, 7) is 4.36. The molecule has 0 heteroatoms. The van der Waals surface area contributed by atoms with E-state index < -0.39 is 0 Å². The zero-order chi connectivity index (χ0) is 22.8. The monoisotopic (exact) mass is 432 g/mol. The van der Waals surface area contributed by atoms with Crippen molar-refractivity contribution in [2.75, 3.05) is 0 Å². The van der Waals surface area contributed by atoms with Gasteiger partial charge in [0.05, 0.1) is 0 Å². The van der Waals surface area contributed by atoms with E-state index >= 15 is 0 Å². The van der Waals surface area contributed by atoms with Crippen LogP contribution in [0.5, 0.6) is 0 Å². The predicted octanol–water partition coefficient (Wildman–Crippen LogP) is 9.74. The van der Waals surface area contributed by atoms with Crippen LogP contribution < -0.4 is 0 Å². The zero-order valence-electron chi connectivity index (χ0n) is 19.4. The first-order valence-electron chi connectivity index (χ1n) is 12.0. The molecule has 0 aromatic heterocycles. The number of aryl methyl sites for hydroxylation is 2. The summed E-state index contributed by atoms with van der Waals surface area (Å²) < 4.78 is 0. The van der Waals surface area contributed by atoms with Crippen molar-refractivity contribution in [1.82, 2.24) is 0 Å². The van der Waals surface area contributed by atoms with E-state index in [1.807, 2.05) is 0 Å². The van der Waals surface area contributed by atoms with Gasteiger partial charge in [0.2, 0.25) is 0 Å². The van der Waals surface area contributed by atoms with E-state index in [1.165, 1.54) is 76.1 Å². The van der Waals surface area contributed by atoms with Gasteiger partial charge in [0, 0.05) is 0 Å². The quantitative estimate of drug-likeness (QED) is 0.226. The van der Waals surface area contributed by atoms with Gasteiger partial charge in [-0.1, -0.05) is 114 Å².